The molecule has 0 saturated carbocycles. The first-order valence-corrected chi connectivity index (χ1v) is 6.96. The van der Waals surface area contributed by atoms with E-state index < -0.39 is 17.2 Å². The zero-order valence-corrected chi connectivity index (χ0v) is 12.0. The zero-order chi connectivity index (χ0) is 14.7. The van der Waals surface area contributed by atoms with Crippen molar-refractivity contribution in [3.63, 3.8) is 0 Å². The van der Waals surface area contributed by atoms with Crippen LogP contribution in [0.15, 0.2) is 43.9 Å². The van der Waals surface area contributed by atoms with Gasteiger partial charge in [-0.05, 0) is 29.8 Å². The molecule has 0 saturated heterocycles. The van der Waals surface area contributed by atoms with E-state index in [4.69, 9.17) is 0 Å². The summed E-state index contributed by atoms with van der Waals surface area (Å²) < 4.78 is 1.39. The van der Waals surface area contributed by atoms with Crippen molar-refractivity contribution < 1.29 is 5.11 Å². The Morgan fingerprint density at radius 3 is 2.80 bits per heavy atom. The van der Waals surface area contributed by atoms with Gasteiger partial charge < -0.3 is 5.11 Å². The third-order valence-electron chi connectivity index (χ3n) is 2.81. The molecule has 1 aromatic carbocycles. The first kappa shape index (κ1) is 14.5. The Morgan fingerprint density at radius 1 is 1.40 bits per heavy atom. The van der Waals surface area contributed by atoms with Crippen LogP contribution in [0.2, 0.25) is 0 Å². The minimum atomic E-state index is -0.820. The van der Waals surface area contributed by atoms with Crippen molar-refractivity contribution in [3.8, 4) is 0 Å². The van der Waals surface area contributed by atoms with Crippen LogP contribution in [0, 0.1) is 0 Å². The van der Waals surface area contributed by atoms with Gasteiger partial charge in [0.15, 0.2) is 5.16 Å². The molecule has 0 spiro atoms. The number of aromatic nitrogens is 3. The van der Waals surface area contributed by atoms with Gasteiger partial charge in [-0.25, -0.2) is 0 Å². The highest BCUT2D eigenvalue weighted by Gasteiger charge is 2.13. The maximum Gasteiger partial charge on any atom is 0.339 e. The highest BCUT2D eigenvalue weighted by Crippen LogP contribution is 2.32. The number of aliphatic hydroxyl groups is 1. The zero-order valence-electron chi connectivity index (χ0n) is 11.2. The minimum Gasteiger partial charge on any atom is -0.388 e. The van der Waals surface area contributed by atoms with E-state index in [1.165, 1.54) is 16.4 Å². The van der Waals surface area contributed by atoms with Gasteiger partial charge in [-0.2, -0.15) is 4.98 Å². The number of aryl methyl sites for hydroxylation is 1. The van der Waals surface area contributed by atoms with Gasteiger partial charge in [0.2, 0.25) is 0 Å². The van der Waals surface area contributed by atoms with Gasteiger partial charge in [0.1, 0.15) is 0 Å². The fourth-order valence-corrected chi connectivity index (χ4v) is 2.70. The van der Waals surface area contributed by atoms with Crippen LogP contribution in [-0.2, 0) is 7.05 Å². The molecule has 0 radical (unpaired) electrons. The van der Waals surface area contributed by atoms with E-state index in [9.17, 15) is 14.7 Å². The molecule has 0 aliphatic heterocycles. The molecule has 1 atom stereocenters. The van der Waals surface area contributed by atoms with Crippen LogP contribution in [0.25, 0.3) is 0 Å². The summed E-state index contributed by atoms with van der Waals surface area (Å²) in [6.45, 7) is 1.89. The highest BCUT2D eigenvalue weighted by atomic mass is 32.2. The Hall–Kier alpha value is -1.86. The number of nitrogens with zero attached hydrogens (tertiary/aromatic N) is 2. The molecule has 0 unspecified atom stereocenters. The number of rotatable bonds is 4. The second kappa shape index (κ2) is 6.06. The second-order valence-corrected chi connectivity index (χ2v) is 5.27. The first-order chi connectivity index (χ1) is 9.52. The molecular weight excluding hydrogens is 278 g/mol. The standard InChI is InChI=1S/C13H15N3O3S/c1-3-9(17)8-6-4-5-7-10(8)20-13-14-11(18)12(19)15-16(13)2/h4-7,9,17H,3H2,1-2H3,(H,15,19)/t9-/m0/s1. The lowest BCUT2D eigenvalue weighted by molar-refractivity contribution is 0.171. The number of aliphatic hydroxyl groups excluding tert-OH is 1. The normalized spacial score (nSPS) is 12.3. The number of benzene rings is 1. The average molecular weight is 293 g/mol. The monoisotopic (exact) mass is 293 g/mol. The van der Waals surface area contributed by atoms with Crippen molar-refractivity contribution in [1.82, 2.24) is 14.8 Å². The summed E-state index contributed by atoms with van der Waals surface area (Å²) in [6, 6.07) is 7.37. The van der Waals surface area contributed by atoms with Gasteiger partial charge in [-0.15, -0.1) is 0 Å². The fourth-order valence-electron chi connectivity index (χ4n) is 1.72. The van der Waals surface area contributed by atoms with Gasteiger partial charge in [0.25, 0.3) is 0 Å². The number of nitrogens with one attached hydrogen (secondary N) is 1. The molecule has 2 N–H and O–H groups in total. The number of H-pyrrole nitrogens is 1. The molecule has 6 nitrogen and oxygen atoms in total. The van der Waals surface area contributed by atoms with Gasteiger partial charge in [0.05, 0.1) is 6.10 Å². The Morgan fingerprint density at radius 2 is 2.10 bits per heavy atom. The van der Waals surface area contributed by atoms with Gasteiger partial charge in [-0.1, -0.05) is 25.1 Å². The summed E-state index contributed by atoms with van der Waals surface area (Å²) in [5.74, 6) is 0. The molecule has 0 amide bonds. The van der Waals surface area contributed by atoms with Crippen LogP contribution >= 0.6 is 11.8 Å². The van der Waals surface area contributed by atoms with Crippen molar-refractivity contribution in [2.24, 2.45) is 7.05 Å². The minimum absolute atomic E-state index is 0.366. The van der Waals surface area contributed by atoms with Gasteiger partial charge >= 0.3 is 11.1 Å². The topological polar surface area (TPSA) is 88.0 Å². The molecule has 20 heavy (non-hydrogen) atoms. The first-order valence-electron chi connectivity index (χ1n) is 6.15. The molecule has 0 aliphatic carbocycles. The molecule has 0 aliphatic rings. The van der Waals surface area contributed by atoms with Crippen molar-refractivity contribution >= 4 is 11.8 Å². The van der Waals surface area contributed by atoms with Crippen LogP contribution in [0.1, 0.15) is 25.0 Å². The van der Waals surface area contributed by atoms with E-state index in [2.05, 4.69) is 10.1 Å². The third-order valence-corrected chi connectivity index (χ3v) is 3.95. The fraction of sp³-hybridized carbons (Fsp3) is 0.308. The van der Waals surface area contributed by atoms with Crippen LogP contribution < -0.4 is 11.1 Å². The van der Waals surface area contributed by atoms with Crippen LogP contribution in [0.3, 0.4) is 0 Å². The average Bonchev–Trinajstić information content (AvgIpc) is 2.44. The van der Waals surface area contributed by atoms with E-state index in [0.717, 1.165) is 10.5 Å². The van der Waals surface area contributed by atoms with Crippen molar-refractivity contribution in [1.29, 1.82) is 0 Å². The van der Waals surface area contributed by atoms with E-state index in [1.54, 1.807) is 7.05 Å². The summed E-state index contributed by atoms with van der Waals surface area (Å²) in [5.41, 5.74) is -0.793. The highest BCUT2D eigenvalue weighted by molar-refractivity contribution is 7.99. The van der Waals surface area contributed by atoms with Gasteiger partial charge in [-0.3, -0.25) is 19.4 Å². The molecule has 0 bridgehead atoms. The van der Waals surface area contributed by atoms with E-state index in [1.807, 2.05) is 31.2 Å². The molecule has 2 rings (SSSR count). The van der Waals surface area contributed by atoms with Crippen LogP contribution in [-0.4, -0.2) is 19.9 Å². The lowest BCUT2D eigenvalue weighted by Crippen LogP contribution is -2.33. The predicted molar refractivity (Wildman–Crippen MR) is 75.9 cm³/mol. The summed E-state index contributed by atoms with van der Waals surface area (Å²) in [5, 5.41) is 12.8. The van der Waals surface area contributed by atoms with E-state index >= 15 is 0 Å². The number of hydrogen-bond donors (Lipinski definition) is 2. The van der Waals surface area contributed by atoms with Crippen molar-refractivity contribution in [3.05, 3.63) is 50.5 Å². The Bertz CT molecular complexity index is 723. The van der Waals surface area contributed by atoms with Crippen molar-refractivity contribution in [2.45, 2.75) is 29.5 Å². The smallest absolute Gasteiger partial charge is 0.339 e. The molecule has 1 heterocycles. The molecule has 1 aromatic heterocycles. The molecule has 0 fully saturated rings. The Kier molecular flexibility index (Phi) is 4.41. The summed E-state index contributed by atoms with van der Waals surface area (Å²) >= 11 is 1.23. The van der Waals surface area contributed by atoms with E-state index in [0.29, 0.717) is 11.6 Å². The van der Waals surface area contributed by atoms with Crippen LogP contribution in [0.5, 0.6) is 0 Å². The Balaban J connectivity index is 2.43. The lowest BCUT2D eigenvalue weighted by atomic mass is 10.1. The summed E-state index contributed by atoms with van der Waals surface area (Å²) in [6.07, 6.45) is 0.0220. The maximum absolute atomic E-state index is 11.3. The molecule has 2 aromatic rings. The van der Waals surface area contributed by atoms with Crippen LogP contribution in [0.4, 0.5) is 0 Å². The summed E-state index contributed by atoms with van der Waals surface area (Å²) in [4.78, 5) is 27.0. The lowest BCUT2D eigenvalue weighted by Gasteiger charge is -2.13. The molecular formula is C13H15N3O3S. The van der Waals surface area contributed by atoms with E-state index in [-0.39, 0.29) is 0 Å². The summed E-state index contributed by atoms with van der Waals surface area (Å²) in [7, 11) is 1.61. The third kappa shape index (κ3) is 3.00. The Labute approximate surface area is 119 Å². The molecule has 7 heteroatoms. The predicted octanol–water partition coefficient (Wildman–Crippen LogP) is 1.06. The number of hydrogen-bond acceptors (Lipinski definition) is 5. The second-order valence-electron chi connectivity index (χ2n) is 4.26. The van der Waals surface area contributed by atoms with Crippen molar-refractivity contribution in [2.75, 3.05) is 0 Å². The quantitative estimate of drug-likeness (QED) is 0.823. The largest absolute Gasteiger partial charge is 0.388 e. The number of aromatic amines is 1. The maximum atomic E-state index is 11.3. The van der Waals surface area contributed by atoms with Gasteiger partial charge in [0, 0.05) is 11.9 Å². The molecule has 106 valence electrons. The SMILES string of the molecule is CC[C@H](O)c1ccccc1Sc1nc(=O)c(=O)[nH]n1C.